The van der Waals surface area contributed by atoms with E-state index in [9.17, 15) is 8.42 Å². The van der Waals surface area contributed by atoms with Crippen LogP contribution in [0, 0.1) is 0 Å². The van der Waals surface area contributed by atoms with E-state index >= 15 is 0 Å². The van der Waals surface area contributed by atoms with Gasteiger partial charge in [0.15, 0.2) is 0 Å². The van der Waals surface area contributed by atoms with Gasteiger partial charge in [0.05, 0.1) is 5.75 Å². The molecular weight excluding hydrogens is 290 g/mol. The van der Waals surface area contributed by atoms with Gasteiger partial charge >= 0.3 is 0 Å². The molecule has 16 heavy (non-hydrogen) atoms. The zero-order valence-electron chi connectivity index (χ0n) is 9.40. The van der Waals surface area contributed by atoms with Crippen LogP contribution in [-0.2, 0) is 15.4 Å². The first-order chi connectivity index (χ1) is 7.21. The van der Waals surface area contributed by atoms with Gasteiger partial charge < -0.3 is 5.73 Å². The molecule has 0 radical (unpaired) electrons. The van der Waals surface area contributed by atoms with Crippen LogP contribution in [0.2, 0.25) is 0 Å². The average Bonchev–Trinajstić information content (AvgIpc) is 2.15. The van der Waals surface area contributed by atoms with Crippen LogP contribution in [0.1, 0.15) is 18.9 Å². The van der Waals surface area contributed by atoms with Crippen LogP contribution in [0.4, 0.5) is 0 Å². The molecule has 0 bridgehead atoms. The van der Waals surface area contributed by atoms with Crippen molar-refractivity contribution in [1.82, 2.24) is 0 Å². The van der Waals surface area contributed by atoms with E-state index in [4.69, 9.17) is 5.73 Å². The van der Waals surface area contributed by atoms with Gasteiger partial charge in [0.2, 0.25) is 0 Å². The molecule has 0 spiro atoms. The Balaban J connectivity index is 2.81. The van der Waals surface area contributed by atoms with Crippen molar-refractivity contribution >= 4 is 25.8 Å². The molecule has 0 aliphatic rings. The van der Waals surface area contributed by atoms with Gasteiger partial charge in [-0.15, -0.1) is 0 Å². The van der Waals surface area contributed by atoms with E-state index in [1.54, 1.807) is 0 Å². The van der Waals surface area contributed by atoms with Crippen molar-refractivity contribution in [2.75, 3.05) is 12.0 Å². The maximum Gasteiger partial charge on any atom is 0.147 e. The second kappa shape index (κ2) is 4.85. The van der Waals surface area contributed by atoms with Crippen molar-refractivity contribution < 1.29 is 8.42 Å². The summed E-state index contributed by atoms with van der Waals surface area (Å²) in [6, 6.07) is 7.63. The van der Waals surface area contributed by atoms with Crippen LogP contribution >= 0.6 is 15.9 Å². The maximum absolute atomic E-state index is 11.1. The zero-order valence-corrected chi connectivity index (χ0v) is 11.8. The minimum Gasteiger partial charge on any atom is -0.322 e. The molecule has 0 amide bonds. The lowest BCUT2D eigenvalue weighted by molar-refractivity contribution is 0.473. The predicted octanol–water partition coefficient (Wildman–Crippen LogP) is 2.06. The normalized spacial score (nSPS) is 15.8. The summed E-state index contributed by atoms with van der Waals surface area (Å²) in [5.41, 5.74) is 6.45. The second-order valence-electron chi connectivity index (χ2n) is 4.30. The minimum absolute atomic E-state index is 0.107. The van der Waals surface area contributed by atoms with Crippen LogP contribution < -0.4 is 5.73 Å². The lowest BCUT2D eigenvalue weighted by Gasteiger charge is -2.24. The quantitative estimate of drug-likeness (QED) is 0.926. The lowest BCUT2D eigenvalue weighted by atomic mass is 9.91. The predicted molar refractivity (Wildman–Crippen MR) is 70.0 cm³/mol. The number of hydrogen-bond donors (Lipinski definition) is 1. The summed E-state index contributed by atoms with van der Waals surface area (Å²) in [5.74, 6) is 0.107. The third kappa shape index (κ3) is 4.23. The Labute approximate surface area is 105 Å². The molecule has 0 aromatic heterocycles. The van der Waals surface area contributed by atoms with Gasteiger partial charge in [0.25, 0.3) is 0 Å². The molecule has 1 rings (SSSR count). The fraction of sp³-hybridized carbons (Fsp3) is 0.455. The van der Waals surface area contributed by atoms with Crippen LogP contribution in [-0.4, -0.2) is 20.4 Å². The summed E-state index contributed by atoms with van der Waals surface area (Å²) in [4.78, 5) is 0. The van der Waals surface area contributed by atoms with Crippen molar-refractivity contribution in [3.8, 4) is 0 Å². The molecule has 0 aliphatic carbocycles. The molecule has 0 saturated heterocycles. The van der Waals surface area contributed by atoms with E-state index in [2.05, 4.69) is 15.9 Å². The largest absolute Gasteiger partial charge is 0.322 e. The molecule has 3 nitrogen and oxygen atoms in total. The first kappa shape index (κ1) is 13.7. The van der Waals surface area contributed by atoms with Crippen LogP contribution in [0.25, 0.3) is 0 Å². The smallest absolute Gasteiger partial charge is 0.147 e. The minimum atomic E-state index is -2.96. The van der Waals surface area contributed by atoms with E-state index < -0.39 is 15.4 Å². The number of sulfone groups is 1. The standard InChI is InChI=1S/C11H16BrNO2S/c1-11(13,7-8-16(2,14)15)9-3-5-10(12)6-4-9/h3-6H,7-8,13H2,1-2H3. The zero-order chi connectivity index (χ0) is 12.4. The van der Waals surface area contributed by atoms with Crippen LogP contribution in [0.15, 0.2) is 28.7 Å². The van der Waals surface area contributed by atoms with Gasteiger partial charge in [0.1, 0.15) is 9.84 Å². The van der Waals surface area contributed by atoms with Crippen molar-refractivity contribution in [3.05, 3.63) is 34.3 Å². The highest BCUT2D eigenvalue weighted by Gasteiger charge is 2.22. The van der Waals surface area contributed by atoms with E-state index in [0.717, 1.165) is 10.0 Å². The number of rotatable bonds is 4. The first-order valence-electron chi connectivity index (χ1n) is 4.93. The van der Waals surface area contributed by atoms with Gasteiger partial charge in [-0.1, -0.05) is 28.1 Å². The fourth-order valence-electron chi connectivity index (χ4n) is 1.37. The third-order valence-electron chi connectivity index (χ3n) is 2.50. The number of hydrogen-bond acceptors (Lipinski definition) is 3. The van der Waals surface area contributed by atoms with E-state index in [-0.39, 0.29) is 5.75 Å². The number of nitrogens with two attached hydrogens (primary N) is 1. The summed E-state index contributed by atoms with van der Waals surface area (Å²) in [6.07, 6.45) is 1.65. The van der Waals surface area contributed by atoms with Crippen molar-refractivity contribution in [3.63, 3.8) is 0 Å². The Morgan fingerprint density at radius 1 is 1.31 bits per heavy atom. The molecule has 0 heterocycles. The summed E-state index contributed by atoms with van der Waals surface area (Å²) >= 11 is 3.35. The molecule has 1 aromatic rings. The average molecular weight is 306 g/mol. The van der Waals surface area contributed by atoms with Gasteiger partial charge in [0, 0.05) is 16.3 Å². The van der Waals surface area contributed by atoms with Crippen LogP contribution in [0.5, 0.6) is 0 Å². The van der Waals surface area contributed by atoms with E-state index in [0.29, 0.717) is 6.42 Å². The Hall–Kier alpha value is -0.390. The molecule has 1 aromatic carbocycles. The summed E-state index contributed by atoms with van der Waals surface area (Å²) in [7, 11) is -2.96. The highest BCUT2D eigenvalue weighted by atomic mass is 79.9. The van der Waals surface area contributed by atoms with Gasteiger partial charge in [-0.05, 0) is 31.0 Å². The molecule has 5 heteroatoms. The van der Waals surface area contributed by atoms with Gasteiger partial charge in [-0.2, -0.15) is 0 Å². The molecule has 0 saturated carbocycles. The van der Waals surface area contributed by atoms with Crippen molar-refractivity contribution in [1.29, 1.82) is 0 Å². The Morgan fingerprint density at radius 2 is 1.81 bits per heavy atom. The lowest BCUT2D eigenvalue weighted by Crippen LogP contribution is -2.35. The third-order valence-corrected chi connectivity index (χ3v) is 3.97. The van der Waals surface area contributed by atoms with Crippen molar-refractivity contribution in [2.45, 2.75) is 18.9 Å². The molecular formula is C11H16BrNO2S. The second-order valence-corrected chi connectivity index (χ2v) is 7.48. The molecule has 1 unspecified atom stereocenters. The Morgan fingerprint density at radius 3 is 2.25 bits per heavy atom. The van der Waals surface area contributed by atoms with Gasteiger partial charge in [-0.25, -0.2) is 8.42 Å². The summed E-state index contributed by atoms with van der Waals surface area (Å²) < 4.78 is 23.2. The molecule has 2 N–H and O–H groups in total. The molecule has 0 aliphatic heterocycles. The highest BCUT2D eigenvalue weighted by Crippen LogP contribution is 2.23. The van der Waals surface area contributed by atoms with E-state index in [1.165, 1.54) is 6.26 Å². The Kier molecular flexibility index (Phi) is 4.15. The van der Waals surface area contributed by atoms with E-state index in [1.807, 2.05) is 31.2 Å². The number of benzene rings is 1. The number of halogens is 1. The summed E-state index contributed by atoms with van der Waals surface area (Å²) in [5, 5.41) is 0. The summed E-state index contributed by atoms with van der Waals surface area (Å²) in [6.45, 7) is 1.85. The van der Waals surface area contributed by atoms with Crippen molar-refractivity contribution in [2.24, 2.45) is 5.73 Å². The molecule has 1 atom stereocenters. The maximum atomic E-state index is 11.1. The topological polar surface area (TPSA) is 60.2 Å². The molecule has 90 valence electrons. The Bertz CT molecular complexity index is 451. The van der Waals surface area contributed by atoms with Crippen LogP contribution in [0.3, 0.4) is 0 Å². The fourth-order valence-corrected chi connectivity index (χ4v) is 2.43. The first-order valence-corrected chi connectivity index (χ1v) is 7.79. The monoisotopic (exact) mass is 305 g/mol. The van der Waals surface area contributed by atoms with Gasteiger partial charge in [-0.3, -0.25) is 0 Å². The highest BCUT2D eigenvalue weighted by molar-refractivity contribution is 9.10. The molecule has 0 fully saturated rings. The SMILES string of the molecule is CC(N)(CCS(C)(=O)=O)c1ccc(Br)cc1.